The first-order valence-corrected chi connectivity index (χ1v) is 8.15. The molecule has 2 aromatic carbocycles. The predicted octanol–water partition coefficient (Wildman–Crippen LogP) is 3.95. The van der Waals surface area contributed by atoms with E-state index in [-0.39, 0.29) is 5.91 Å². The van der Waals surface area contributed by atoms with Crippen LogP contribution in [0.3, 0.4) is 0 Å². The molecular formula is C18H16BrN3O2. The molecule has 0 saturated carbocycles. The van der Waals surface area contributed by atoms with Crippen molar-refractivity contribution < 1.29 is 9.53 Å². The summed E-state index contributed by atoms with van der Waals surface area (Å²) < 4.78 is 7.96. The normalized spacial score (nSPS) is 10.4. The van der Waals surface area contributed by atoms with Crippen LogP contribution >= 0.6 is 15.9 Å². The molecule has 0 fully saturated rings. The molecule has 6 heteroatoms. The van der Waals surface area contributed by atoms with Gasteiger partial charge in [0.05, 0.1) is 25.5 Å². The highest BCUT2D eigenvalue weighted by molar-refractivity contribution is 9.10. The second-order valence-corrected chi connectivity index (χ2v) is 6.15. The Balaban J connectivity index is 1.67. The SMILES string of the molecule is COc1cccc(C(=O)Nc2cnn(Cc3ccc(Br)cc3)c2)c1. The lowest BCUT2D eigenvalue weighted by molar-refractivity contribution is 0.102. The summed E-state index contributed by atoms with van der Waals surface area (Å²) in [7, 11) is 1.57. The molecule has 0 aliphatic carbocycles. The molecular weight excluding hydrogens is 370 g/mol. The summed E-state index contributed by atoms with van der Waals surface area (Å²) in [5.41, 5.74) is 2.32. The number of carbonyl (C=O) groups excluding carboxylic acids is 1. The third-order valence-corrected chi connectivity index (χ3v) is 4.01. The Hall–Kier alpha value is -2.60. The fourth-order valence-corrected chi connectivity index (χ4v) is 2.52. The van der Waals surface area contributed by atoms with Gasteiger partial charge in [0, 0.05) is 16.2 Å². The molecule has 1 N–H and O–H groups in total. The van der Waals surface area contributed by atoms with Gasteiger partial charge in [-0.15, -0.1) is 0 Å². The third kappa shape index (κ3) is 4.02. The van der Waals surface area contributed by atoms with Gasteiger partial charge >= 0.3 is 0 Å². The van der Waals surface area contributed by atoms with E-state index in [4.69, 9.17) is 4.74 Å². The predicted molar refractivity (Wildman–Crippen MR) is 96.4 cm³/mol. The fourth-order valence-electron chi connectivity index (χ4n) is 2.26. The smallest absolute Gasteiger partial charge is 0.255 e. The van der Waals surface area contributed by atoms with Crippen molar-refractivity contribution in [3.63, 3.8) is 0 Å². The van der Waals surface area contributed by atoms with Crippen molar-refractivity contribution in [1.82, 2.24) is 9.78 Å². The number of anilines is 1. The molecule has 0 saturated heterocycles. The maximum Gasteiger partial charge on any atom is 0.255 e. The highest BCUT2D eigenvalue weighted by atomic mass is 79.9. The van der Waals surface area contributed by atoms with E-state index < -0.39 is 0 Å². The van der Waals surface area contributed by atoms with Crippen LogP contribution in [0.25, 0.3) is 0 Å². The summed E-state index contributed by atoms with van der Waals surface area (Å²) in [6.07, 6.45) is 3.44. The van der Waals surface area contributed by atoms with Gasteiger partial charge in [0.1, 0.15) is 5.75 Å². The first kappa shape index (κ1) is 16.3. The zero-order valence-electron chi connectivity index (χ0n) is 13.1. The quantitative estimate of drug-likeness (QED) is 0.723. The van der Waals surface area contributed by atoms with Gasteiger partial charge in [-0.2, -0.15) is 5.10 Å². The second kappa shape index (κ2) is 7.31. The first-order chi connectivity index (χ1) is 11.6. The van der Waals surface area contributed by atoms with Gasteiger partial charge in [0.25, 0.3) is 5.91 Å². The van der Waals surface area contributed by atoms with Gasteiger partial charge in [0.15, 0.2) is 0 Å². The molecule has 0 radical (unpaired) electrons. The Morgan fingerprint density at radius 1 is 1.25 bits per heavy atom. The number of halogens is 1. The van der Waals surface area contributed by atoms with Crippen molar-refractivity contribution >= 4 is 27.5 Å². The molecule has 122 valence electrons. The van der Waals surface area contributed by atoms with E-state index in [2.05, 4.69) is 26.3 Å². The summed E-state index contributed by atoms with van der Waals surface area (Å²) >= 11 is 3.42. The van der Waals surface area contributed by atoms with Crippen LogP contribution in [0, 0.1) is 0 Å². The topological polar surface area (TPSA) is 56.1 Å². The number of carbonyl (C=O) groups is 1. The standard InChI is InChI=1S/C18H16BrN3O2/c1-24-17-4-2-3-14(9-17)18(23)21-16-10-20-22(12-16)11-13-5-7-15(19)8-6-13/h2-10,12H,11H2,1H3,(H,21,23). The van der Waals surface area contributed by atoms with Crippen LogP contribution in [0.15, 0.2) is 65.4 Å². The van der Waals surface area contributed by atoms with E-state index in [9.17, 15) is 4.79 Å². The van der Waals surface area contributed by atoms with Crippen molar-refractivity contribution in [3.8, 4) is 5.75 Å². The average molecular weight is 386 g/mol. The Bertz CT molecular complexity index is 843. The number of hydrogen-bond donors (Lipinski definition) is 1. The number of nitrogens with zero attached hydrogens (tertiary/aromatic N) is 2. The maximum atomic E-state index is 12.3. The lowest BCUT2D eigenvalue weighted by atomic mass is 10.2. The van der Waals surface area contributed by atoms with Crippen molar-refractivity contribution in [2.75, 3.05) is 12.4 Å². The number of ether oxygens (including phenoxy) is 1. The zero-order chi connectivity index (χ0) is 16.9. The Kier molecular flexibility index (Phi) is 4.96. The molecule has 0 atom stereocenters. The number of nitrogens with one attached hydrogen (secondary N) is 1. The molecule has 0 bridgehead atoms. The molecule has 24 heavy (non-hydrogen) atoms. The van der Waals surface area contributed by atoms with Gasteiger partial charge < -0.3 is 10.1 Å². The van der Waals surface area contributed by atoms with Crippen LogP contribution in [-0.4, -0.2) is 22.8 Å². The maximum absolute atomic E-state index is 12.3. The molecule has 3 rings (SSSR count). The molecule has 3 aromatic rings. The second-order valence-electron chi connectivity index (χ2n) is 5.24. The van der Waals surface area contributed by atoms with Crippen LogP contribution in [0.5, 0.6) is 5.75 Å². The van der Waals surface area contributed by atoms with Crippen LogP contribution in [-0.2, 0) is 6.54 Å². The van der Waals surface area contributed by atoms with Crippen molar-refractivity contribution in [3.05, 3.63) is 76.5 Å². The minimum Gasteiger partial charge on any atom is -0.497 e. The monoisotopic (exact) mass is 385 g/mol. The van der Waals surface area contributed by atoms with Crippen LogP contribution in [0.2, 0.25) is 0 Å². The number of methoxy groups -OCH3 is 1. The molecule has 0 spiro atoms. The molecule has 5 nitrogen and oxygen atoms in total. The van der Waals surface area contributed by atoms with E-state index in [0.717, 1.165) is 10.0 Å². The van der Waals surface area contributed by atoms with Gasteiger partial charge in [-0.3, -0.25) is 9.48 Å². The Morgan fingerprint density at radius 2 is 2.04 bits per heavy atom. The molecule has 1 heterocycles. The van der Waals surface area contributed by atoms with Crippen LogP contribution in [0.1, 0.15) is 15.9 Å². The van der Waals surface area contributed by atoms with Crippen molar-refractivity contribution in [2.45, 2.75) is 6.54 Å². The molecule has 0 aliphatic heterocycles. The van der Waals surface area contributed by atoms with Gasteiger partial charge in [0.2, 0.25) is 0 Å². The van der Waals surface area contributed by atoms with Crippen molar-refractivity contribution in [1.29, 1.82) is 0 Å². The summed E-state index contributed by atoms with van der Waals surface area (Å²) in [5.74, 6) is 0.450. The number of amides is 1. The third-order valence-electron chi connectivity index (χ3n) is 3.48. The largest absolute Gasteiger partial charge is 0.497 e. The first-order valence-electron chi connectivity index (χ1n) is 7.36. The minimum absolute atomic E-state index is 0.197. The van der Waals surface area contributed by atoms with E-state index in [1.165, 1.54) is 0 Å². The molecule has 0 unspecified atom stereocenters. The van der Waals surface area contributed by atoms with Crippen molar-refractivity contribution in [2.24, 2.45) is 0 Å². The number of benzene rings is 2. The lowest BCUT2D eigenvalue weighted by Crippen LogP contribution is -2.11. The van der Waals surface area contributed by atoms with E-state index >= 15 is 0 Å². The lowest BCUT2D eigenvalue weighted by Gasteiger charge is -2.05. The van der Waals surface area contributed by atoms with E-state index in [0.29, 0.717) is 23.5 Å². The highest BCUT2D eigenvalue weighted by Gasteiger charge is 2.08. The van der Waals surface area contributed by atoms with Crippen LogP contribution < -0.4 is 10.1 Å². The Labute approximate surface area is 148 Å². The molecule has 1 aromatic heterocycles. The summed E-state index contributed by atoms with van der Waals surface area (Å²) in [6.45, 7) is 0.641. The summed E-state index contributed by atoms with van der Waals surface area (Å²) in [4.78, 5) is 12.3. The van der Waals surface area contributed by atoms with E-state index in [1.807, 2.05) is 24.3 Å². The summed E-state index contributed by atoms with van der Waals surface area (Å²) in [5, 5.41) is 7.12. The zero-order valence-corrected chi connectivity index (χ0v) is 14.7. The van der Waals surface area contributed by atoms with Gasteiger partial charge in [-0.1, -0.05) is 34.1 Å². The minimum atomic E-state index is -0.197. The van der Waals surface area contributed by atoms with E-state index in [1.54, 1.807) is 48.5 Å². The molecule has 0 aliphatic rings. The molecule has 1 amide bonds. The fraction of sp³-hybridized carbons (Fsp3) is 0.111. The Morgan fingerprint density at radius 3 is 2.79 bits per heavy atom. The average Bonchev–Trinajstić information content (AvgIpc) is 3.04. The number of hydrogen-bond acceptors (Lipinski definition) is 3. The van der Waals surface area contributed by atoms with Crippen LogP contribution in [0.4, 0.5) is 5.69 Å². The number of aromatic nitrogens is 2. The van der Waals surface area contributed by atoms with Gasteiger partial charge in [-0.25, -0.2) is 0 Å². The summed E-state index contributed by atoms with van der Waals surface area (Å²) in [6, 6.07) is 15.1. The number of rotatable bonds is 5. The highest BCUT2D eigenvalue weighted by Crippen LogP contribution is 2.15. The van der Waals surface area contributed by atoms with Gasteiger partial charge in [-0.05, 0) is 35.9 Å².